The fourth-order valence-corrected chi connectivity index (χ4v) is 3.09. The summed E-state index contributed by atoms with van der Waals surface area (Å²) in [4.78, 5) is 16.9. The lowest BCUT2D eigenvalue weighted by Crippen LogP contribution is -2.36. The summed E-state index contributed by atoms with van der Waals surface area (Å²) < 4.78 is 3.57. The smallest absolute Gasteiger partial charge is 0.320 e. The van der Waals surface area contributed by atoms with Crippen molar-refractivity contribution in [2.75, 3.05) is 5.32 Å². The minimum atomic E-state index is -0.296. The Kier molecular flexibility index (Phi) is 5.96. The van der Waals surface area contributed by atoms with Crippen LogP contribution in [0.3, 0.4) is 0 Å². The van der Waals surface area contributed by atoms with Crippen LogP contribution < -0.4 is 10.6 Å². The summed E-state index contributed by atoms with van der Waals surface area (Å²) in [6.45, 7) is 13.0. The first kappa shape index (κ1) is 21.5. The fraction of sp³-hybridized carbons (Fsp3) is 0.455. The summed E-state index contributed by atoms with van der Waals surface area (Å²) in [5.74, 6) is 0.664. The van der Waals surface area contributed by atoms with Crippen LogP contribution in [-0.2, 0) is 17.5 Å². The molecule has 1 aromatic carbocycles. The van der Waals surface area contributed by atoms with Crippen LogP contribution in [0.15, 0.2) is 49.1 Å². The Morgan fingerprint density at radius 1 is 1.10 bits per heavy atom. The summed E-state index contributed by atoms with van der Waals surface area (Å²) in [6, 6.07) is 11.2. The van der Waals surface area contributed by atoms with Crippen molar-refractivity contribution in [3.8, 4) is 0 Å². The van der Waals surface area contributed by atoms with E-state index in [2.05, 4.69) is 62.3 Å². The lowest BCUT2D eigenvalue weighted by atomic mass is 9.92. The highest BCUT2D eigenvalue weighted by Gasteiger charge is 2.26. The Morgan fingerprint density at radius 3 is 2.37 bits per heavy atom. The molecule has 2 N–H and O–H groups in total. The first-order valence-corrected chi connectivity index (χ1v) is 10.1. The molecule has 8 nitrogen and oxygen atoms in total. The van der Waals surface area contributed by atoms with Crippen LogP contribution in [0.25, 0.3) is 0 Å². The number of benzene rings is 1. The molecular formula is C22H31N7O. The van der Waals surface area contributed by atoms with Crippen LogP contribution in [-0.4, -0.2) is 30.6 Å². The normalized spacial score (nSPS) is 13.1. The molecule has 2 amide bonds. The lowest BCUT2D eigenvalue weighted by molar-refractivity contribution is 0.246. The van der Waals surface area contributed by atoms with Crippen molar-refractivity contribution in [1.82, 2.24) is 29.9 Å². The second-order valence-electron chi connectivity index (χ2n) is 9.43. The van der Waals surface area contributed by atoms with Crippen molar-refractivity contribution in [3.63, 3.8) is 0 Å². The molecule has 0 aliphatic rings. The predicted molar refractivity (Wildman–Crippen MR) is 117 cm³/mol. The maximum atomic E-state index is 13.0. The molecule has 0 spiro atoms. The minimum absolute atomic E-state index is 0.122. The highest BCUT2D eigenvalue weighted by Crippen LogP contribution is 2.28. The average Bonchev–Trinajstić information content (AvgIpc) is 3.31. The van der Waals surface area contributed by atoms with Crippen LogP contribution in [0.4, 0.5) is 10.6 Å². The number of hydrogen-bond donors (Lipinski definition) is 2. The van der Waals surface area contributed by atoms with E-state index in [-0.39, 0.29) is 23.0 Å². The molecule has 0 radical (unpaired) electrons. The Labute approximate surface area is 177 Å². The summed E-state index contributed by atoms with van der Waals surface area (Å²) >= 11 is 0. The predicted octanol–water partition coefficient (Wildman–Crippen LogP) is 4.09. The standard InChI is InChI=1S/C22H31N7O/c1-21(2,3)18-12-19(29(27-18)22(4,5)6)26-20(30)25-17(13-28-15-23-14-24-28)16-10-8-7-9-11-16/h7-12,14-15,17H,13H2,1-6H3,(H2,25,26,30). The molecule has 0 bridgehead atoms. The van der Waals surface area contributed by atoms with Gasteiger partial charge >= 0.3 is 6.03 Å². The quantitative estimate of drug-likeness (QED) is 0.664. The molecule has 30 heavy (non-hydrogen) atoms. The first-order valence-electron chi connectivity index (χ1n) is 10.1. The van der Waals surface area contributed by atoms with Gasteiger partial charge in [0.2, 0.25) is 0 Å². The lowest BCUT2D eigenvalue weighted by Gasteiger charge is -2.24. The molecule has 0 fully saturated rings. The maximum Gasteiger partial charge on any atom is 0.320 e. The van der Waals surface area contributed by atoms with Gasteiger partial charge in [-0.25, -0.2) is 14.5 Å². The second kappa shape index (κ2) is 8.30. The van der Waals surface area contributed by atoms with E-state index in [0.717, 1.165) is 11.3 Å². The van der Waals surface area contributed by atoms with Crippen molar-refractivity contribution in [1.29, 1.82) is 0 Å². The van der Waals surface area contributed by atoms with Crippen molar-refractivity contribution >= 4 is 11.8 Å². The minimum Gasteiger partial charge on any atom is -0.329 e. The number of aromatic nitrogens is 5. The number of amides is 2. The second-order valence-corrected chi connectivity index (χ2v) is 9.43. The number of anilines is 1. The molecule has 8 heteroatoms. The molecule has 3 aromatic rings. The Hall–Kier alpha value is -3.16. The van der Waals surface area contributed by atoms with Gasteiger partial charge in [0, 0.05) is 11.5 Å². The Balaban J connectivity index is 1.82. The van der Waals surface area contributed by atoms with Crippen LogP contribution in [0.1, 0.15) is 58.8 Å². The van der Waals surface area contributed by atoms with Crippen LogP contribution in [0.5, 0.6) is 0 Å². The van der Waals surface area contributed by atoms with Crippen molar-refractivity contribution in [3.05, 3.63) is 60.3 Å². The van der Waals surface area contributed by atoms with E-state index >= 15 is 0 Å². The first-order chi connectivity index (χ1) is 14.0. The van der Waals surface area contributed by atoms with Gasteiger partial charge in [0.05, 0.1) is 23.8 Å². The van der Waals surface area contributed by atoms with Gasteiger partial charge in [-0.15, -0.1) is 0 Å². The molecule has 1 unspecified atom stereocenters. The van der Waals surface area contributed by atoms with E-state index in [1.165, 1.54) is 6.33 Å². The topological polar surface area (TPSA) is 89.7 Å². The van der Waals surface area contributed by atoms with Gasteiger partial charge in [-0.1, -0.05) is 51.1 Å². The van der Waals surface area contributed by atoms with E-state index in [1.54, 1.807) is 11.0 Å². The van der Waals surface area contributed by atoms with E-state index in [9.17, 15) is 4.79 Å². The van der Waals surface area contributed by atoms with E-state index in [1.807, 2.05) is 41.1 Å². The average molecular weight is 410 g/mol. The molecule has 0 aliphatic carbocycles. The maximum absolute atomic E-state index is 13.0. The van der Waals surface area contributed by atoms with E-state index in [4.69, 9.17) is 5.10 Å². The molecule has 3 rings (SSSR count). The third-order valence-corrected chi connectivity index (χ3v) is 4.70. The summed E-state index contributed by atoms with van der Waals surface area (Å²) in [5.41, 5.74) is 1.52. The van der Waals surface area contributed by atoms with Gasteiger partial charge in [0.25, 0.3) is 0 Å². The number of rotatable bonds is 5. The van der Waals surface area contributed by atoms with Gasteiger partial charge < -0.3 is 5.32 Å². The van der Waals surface area contributed by atoms with Crippen molar-refractivity contribution in [2.45, 2.75) is 65.1 Å². The van der Waals surface area contributed by atoms with Gasteiger partial charge in [0.1, 0.15) is 18.5 Å². The monoisotopic (exact) mass is 409 g/mol. The third-order valence-electron chi connectivity index (χ3n) is 4.70. The molecule has 2 heterocycles. The number of urea groups is 1. The number of carbonyl (C=O) groups excluding carboxylic acids is 1. The number of hydrogen-bond acceptors (Lipinski definition) is 4. The molecule has 2 aromatic heterocycles. The summed E-state index contributed by atoms with van der Waals surface area (Å²) in [5, 5.41) is 15.0. The fourth-order valence-electron chi connectivity index (χ4n) is 3.09. The SMILES string of the molecule is CC(C)(C)c1cc(NC(=O)NC(Cn2cncn2)c2ccccc2)n(C(C)(C)C)n1. The number of carbonyl (C=O) groups is 1. The zero-order chi connectivity index (χ0) is 21.9. The van der Waals surface area contributed by atoms with Crippen molar-refractivity contribution in [2.24, 2.45) is 0 Å². The molecular weight excluding hydrogens is 378 g/mol. The van der Waals surface area contributed by atoms with Crippen molar-refractivity contribution < 1.29 is 4.79 Å². The molecule has 0 saturated carbocycles. The van der Waals surface area contributed by atoms with Gasteiger partial charge in [-0.2, -0.15) is 10.2 Å². The molecule has 0 saturated heterocycles. The van der Waals surface area contributed by atoms with Crippen LogP contribution >= 0.6 is 0 Å². The Morgan fingerprint density at radius 2 is 1.80 bits per heavy atom. The van der Waals surface area contributed by atoms with Crippen LogP contribution in [0, 0.1) is 0 Å². The van der Waals surface area contributed by atoms with Gasteiger partial charge in [-0.05, 0) is 26.3 Å². The van der Waals surface area contributed by atoms with E-state index in [0.29, 0.717) is 12.4 Å². The Bertz CT molecular complexity index is 963. The zero-order valence-corrected chi connectivity index (χ0v) is 18.5. The largest absolute Gasteiger partial charge is 0.329 e. The summed E-state index contributed by atoms with van der Waals surface area (Å²) in [6.07, 6.45) is 3.12. The highest BCUT2D eigenvalue weighted by atomic mass is 16.2. The third kappa shape index (κ3) is 5.25. The zero-order valence-electron chi connectivity index (χ0n) is 18.5. The number of nitrogens with one attached hydrogen (secondary N) is 2. The van der Waals surface area contributed by atoms with Gasteiger partial charge in [-0.3, -0.25) is 10.00 Å². The highest BCUT2D eigenvalue weighted by molar-refractivity contribution is 5.88. The van der Waals surface area contributed by atoms with E-state index < -0.39 is 0 Å². The number of nitrogens with zero attached hydrogens (tertiary/aromatic N) is 5. The molecule has 1 atom stereocenters. The molecule has 0 aliphatic heterocycles. The molecule has 160 valence electrons. The van der Waals surface area contributed by atoms with Gasteiger partial charge in [0.15, 0.2) is 0 Å². The van der Waals surface area contributed by atoms with Crippen LogP contribution in [0.2, 0.25) is 0 Å². The summed E-state index contributed by atoms with van der Waals surface area (Å²) in [7, 11) is 0.